The Morgan fingerprint density at radius 1 is 0.393 bits per heavy atom. The molecule has 0 amide bonds. The average molecular weight is 614 g/mol. The third kappa shape index (κ3) is 8.27. The number of hydrogen-bond donors (Lipinski definition) is 0. The third-order valence-corrected chi connectivity index (χ3v) is 7.80. The fraction of sp³-hybridized carbons (Fsp3) is 1.00. The summed E-state index contributed by atoms with van der Waals surface area (Å²) in [5, 5.41) is 0. The second kappa shape index (κ2) is 14.4. The Morgan fingerprint density at radius 2 is 0.571 bits per heavy atom. The molecular formula is C15H33BiO12. The van der Waals surface area contributed by atoms with E-state index in [2.05, 4.69) is 0 Å². The number of methoxy groups -OCH3 is 9. The standard InChI is InChI=1S/3C5H11O4.Bi/c3*1-7-5(4-6,8-2)9-3;/h3*4H2,1-3H3;/q3*-1;+3. The molecule has 0 radical (unpaired) electrons. The maximum absolute atomic E-state index is 5.79. The van der Waals surface area contributed by atoms with Crippen molar-refractivity contribution in [2.75, 3.05) is 83.8 Å². The topological polar surface area (TPSA) is 111 Å². The summed E-state index contributed by atoms with van der Waals surface area (Å²) in [6, 6.07) is 0. The van der Waals surface area contributed by atoms with E-state index in [1.165, 1.54) is 64.0 Å². The van der Waals surface area contributed by atoms with E-state index in [4.69, 9.17) is 51.1 Å². The van der Waals surface area contributed by atoms with Gasteiger partial charge in [0.2, 0.25) is 0 Å². The van der Waals surface area contributed by atoms with Crippen molar-refractivity contribution in [3.63, 3.8) is 0 Å². The predicted molar refractivity (Wildman–Crippen MR) is 94.9 cm³/mol. The summed E-state index contributed by atoms with van der Waals surface area (Å²) in [5.74, 6) is -4.24. The quantitative estimate of drug-likeness (QED) is 0.151. The van der Waals surface area contributed by atoms with Gasteiger partial charge in [0.15, 0.2) is 0 Å². The van der Waals surface area contributed by atoms with Crippen molar-refractivity contribution in [1.29, 1.82) is 0 Å². The van der Waals surface area contributed by atoms with Crippen molar-refractivity contribution >= 4 is 23.1 Å². The summed E-state index contributed by atoms with van der Waals surface area (Å²) in [7, 11) is 12.7. The van der Waals surface area contributed by atoms with Crippen LogP contribution in [-0.4, -0.2) is 125 Å². The van der Waals surface area contributed by atoms with E-state index in [9.17, 15) is 0 Å². The molecule has 0 unspecified atom stereocenters. The van der Waals surface area contributed by atoms with E-state index >= 15 is 0 Å². The van der Waals surface area contributed by atoms with Crippen LogP contribution in [0.5, 0.6) is 0 Å². The molecule has 0 aromatic rings. The summed E-state index contributed by atoms with van der Waals surface area (Å²) in [5.41, 5.74) is 0. The molecule has 0 fully saturated rings. The molecule has 12 nitrogen and oxygen atoms in total. The molecule has 0 atom stereocenters. The zero-order valence-electron chi connectivity index (χ0n) is 18.0. The Balaban J connectivity index is 5.19. The summed E-state index contributed by atoms with van der Waals surface area (Å²) in [6.45, 7) is -0.350. The molecule has 0 aliphatic heterocycles. The van der Waals surface area contributed by atoms with E-state index in [0.29, 0.717) is 0 Å². The van der Waals surface area contributed by atoms with Gasteiger partial charge in [0.05, 0.1) is 0 Å². The Hall–Kier alpha value is 0.403. The molecule has 0 rings (SSSR count). The summed E-state index contributed by atoms with van der Waals surface area (Å²) < 4.78 is 64.2. The molecule has 28 heavy (non-hydrogen) atoms. The van der Waals surface area contributed by atoms with Crippen LogP contribution in [0.2, 0.25) is 0 Å². The SMILES string of the molecule is COC(C[O][Bi]([O]CC(OC)(OC)OC)[O]CC(OC)(OC)OC)(OC)OC. The van der Waals surface area contributed by atoms with Crippen molar-refractivity contribution in [3.05, 3.63) is 0 Å². The normalized spacial score (nSPS) is 13.5. The Kier molecular flexibility index (Phi) is 14.6. The molecule has 0 saturated carbocycles. The molecule has 0 aromatic carbocycles. The molecule has 0 aromatic heterocycles. The average Bonchev–Trinajstić information content (AvgIpc) is 2.76. The van der Waals surface area contributed by atoms with Gasteiger partial charge in [-0.1, -0.05) is 0 Å². The van der Waals surface area contributed by atoms with E-state index in [0.717, 1.165) is 0 Å². The van der Waals surface area contributed by atoms with Crippen molar-refractivity contribution in [2.24, 2.45) is 0 Å². The van der Waals surface area contributed by atoms with Crippen LogP contribution >= 0.6 is 0 Å². The first-order chi connectivity index (χ1) is 13.3. The molecule has 0 spiro atoms. The fourth-order valence-corrected chi connectivity index (χ4v) is 5.73. The van der Waals surface area contributed by atoms with Crippen LogP contribution in [0.1, 0.15) is 0 Å². The molecule has 13 heteroatoms. The zero-order valence-corrected chi connectivity index (χ0v) is 21.4. The van der Waals surface area contributed by atoms with Crippen molar-refractivity contribution < 1.29 is 51.1 Å². The second-order valence-corrected chi connectivity index (χ2v) is 9.68. The van der Waals surface area contributed by atoms with E-state index < -0.39 is 41.0 Å². The maximum atomic E-state index is 5.79. The first kappa shape index (κ1) is 28.4. The zero-order chi connectivity index (χ0) is 21.7. The van der Waals surface area contributed by atoms with Crippen LogP contribution in [0.3, 0.4) is 0 Å². The van der Waals surface area contributed by atoms with Gasteiger partial charge in [-0.05, 0) is 0 Å². The third-order valence-electron chi connectivity index (χ3n) is 3.84. The van der Waals surface area contributed by atoms with Gasteiger partial charge in [-0.15, -0.1) is 0 Å². The molecule has 0 aliphatic carbocycles. The van der Waals surface area contributed by atoms with Gasteiger partial charge in [0, 0.05) is 0 Å². The van der Waals surface area contributed by atoms with Gasteiger partial charge < -0.3 is 0 Å². The summed E-state index contributed by atoms with van der Waals surface area (Å²) in [4.78, 5) is 0. The fourth-order valence-electron chi connectivity index (χ4n) is 1.79. The van der Waals surface area contributed by atoms with E-state index in [1.807, 2.05) is 0 Å². The molecule has 0 heterocycles. The van der Waals surface area contributed by atoms with Crippen LogP contribution in [0, 0.1) is 0 Å². The Morgan fingerprint density at radius 3 is 0.714 bits per heavy atom. The molecule has 0 N–H and O–H groups in total. The van der Waals surface area contributed by atoms with Crippen LogP contribution in [-0.2, 0) is 51.1 Å². The van der Waals surface area contributed by atoms with Crippen LogP contribution in [0.15, 0.2) is 0 Å². The van der Waals surface area contributed by atoms with Gasteiger partial charge in [0.1, 0.15) is 0 Å². The van der Waals surface area contributed by atoms with E-state index in [1.54, 1.807) is 0 Å². The summed E-state index contributed by atoms with van der Waals surface area (Å²) >= 11 is -3.63. The molecular weight excluding hydrogens is 581 g/mol. The van der Waals surface area contributed by atoms with Crippen molar-refractivity contribution in [3.8, 4) is 0 Å². The minimum atomic E-state index is -3.63. The molecule has 0 saturated heterocycles. The van der Waals surface area contributed by atoms with Crippen LogP contribution < -0.4 is 0 Å². The number of hydrogen-bond acceptors (Lipinski definition) is 12. The van der Waals surface area contributed by atoms with E-state index in [-0.39, 0.29) is 19.8 Å². The Labute approximate surface area is 176 Å². The molecule has 0 aliphatic rings. The van der Waals surface area contributed by atoms with Crippen molar-refractivity contribution in [1.82, 2.24) is 0 Å². The second-order valence-electron chi connectivity index (χ2n) is 4.93. The monoisotopic (exact) mass is 614 g/mol. The summed E-state index contributed by atoms with van der Waals surface area (Å²) in [6.07, 6.45) is 0. The first-order valence-corrected chi connectivity index (χ1v) is 12.2. The van der Waals surface area contributed by atoms with Gasteiger partial charge in [-0.25, -0.2) is 0 Å². The number of ether oxygens (including phenoxy) is 9. The first-order valence-electron chi connectivity index (χ1n) is 7.99. The molecule has 170 valence electrons. The molecule has 0 bridgehead atoms. The van der Waals surface area contributed by atoms with Gasteiger partial charge in [0.25, 0.3) is 0 Å². The predicted octanol–water partition coefficient (Wildman–Crippen LogP) is -0.200. The van der Waals surface area contributed by atoms with Gasteiger partial charge >= 0.3 is 176 Å². The van der Waals surface area contributed by atoms with Gasteiger partial charge in [-0.3, -0.25) is 0 Å². The van der Waals surface area contributed by atoms with Gasteiger partial charge in [-0.2, -0.15) is 0 Å². The van der Waals surface area contributed by atoms with Crippen molar-refractivity contribution in [2.45, 2.75) is 17.9 Å². The Bertz CT molecular complexity index is 305. The minimum absolute atomic E-state index is 0.117. The van der Waals surface area contributed by atoms with Crippen LogP contribution in [0.4, 0.5) is 0 Å². The van der Waals surface area contributed by atoms with Crippen LogP contribution in [0.25, 0.3) is 0 Å². The number of rotatable bonds is 18.